The van der Waals surface area contributed by atoms with E-state index in [0.717, 1.165) is 16.8 Å². The average Bonchev–Trinajstić information content (AvgIpc) is 3.02. The number of anilines is 1. The minimum atomic E-state index is -0.338. The second-order valence-corrected chi connectivity index (χ2v) is 6.73. The van der Waals surface area contributed by atoms with Gasteiger partial charge in [-0.25, -0.2) is 13.9 Å². The van der Waals surface area contributed by atoms with Crippen molar-refractivity contribution in [1.29, 1.82) is 0 Å². The highest BCUT2D eigenvalue weighted by Crippen LogP contribution is 2.28. The van der Waals surface area contributed by atoms with Crippen molar-refractivity contribution in [2.75, 3.05) is 5.32 Å². The van der Waals surface area contributed by atoms with Crippen LogP contribution >= 0.6 is 0 Å². The molecule has 0 aliphatic heterocycles. The molecule has 140 valence electrons. The van der Waals surface area contributed by atoms with Gasteiger partial charge in [-0.2, -0.15) is 5.10 Å². The molecule has 0 radical (unpaired) electrons. The Bertz CT molecular complexity index is 1200. The first-order valence-electron chi connectivity index (χ1n) is 8.93. The first-order chi connectivity index (χ1) is 13.5. The van der Waals surface area contributed by atoms with Crippen molar-refractivity contribution in [2.45, 2.75) is 20.8 Å². The first kappa shape index (κ1) is 17.9. The fourth-order valence-electron chi connectivity index (χ4n) is 3.32. The van der Waals surface area contributed by atoms with Crippen LogP contribution in [0.1, 0.15) is 27.3 Å². The van der Waals surface area contributed by atoms with Crippen LogP contribution in [0.2, 0.25) is 0 Å². The van der Waals surface area contributed by atoms with Gasteiger partial charge in [0.1, 0.15) is 5.82 Å². The average molecular weight is 374 g/mol. The Kier molecular flexibility index (Phi) is 4.39. The maximum Gasteiger partial charge on any atom is 0.259 e. The lowest BCUT2D eigenvalue weighted by Gasteiger charge is -2.11. The summed E-state index contributed by atoms with van der Waals surface area (Å²) in [6.45, 7) is 5.51. The summed E-state index contributed by atoms with van der Waals surface area (Å²) in [6.07, 6.45) is 1.56. The van der Waals surface area contributed by atoms with Crippen LogP contribution in [0.15, 0.2) is 54.7 Å². The lowest BCUT2D eigenvalue weighted by molar-refractivity contribution is 0.102. The van der Waals surface area contributed by atoms with E-state index < -0.39 is 0 Å². The molecule has 0 spiro atoms. The van der Waals surface area contributed by atoms with Crippen molar-refractivity contribution in [3.63, 3.8) is 0 Å². The highest BCUT2D eigenvalue weighted by Gasteiger charge is 2.19. The summed E-state index contributed by atoms with van der Waals surface area (Å²) in [7, 11) is 0. The van der Waals surface area contributed by atoms with Crippen molar-refractivity contribution in [3.8, 4) is 11.1 Å². The number of rotatable bonds is 3. The number of nitrogens with one attached hydrogen (secondary N) is 1. The normalized spacial score (nSPS) is 11.0. The monoisotopic (exact) mass is 374 g/mol. The minimum Gasteiger partial charge on any atom is -0.322 e. The van der Waals surface area contributed by atoms with Crippen LogP contribution in [0.5, 0.6) is 0 Å². The van der Waals surface area contributed by atoms with Gasteiger partial charge in [-0.15, -0.1) is 0 Å². The molecule has 0 atom stereocenters. The van der Waals surface area contributed by atoms with E-state index in [1.54, 1.807) is 23.7 Å². The summed E-state index contributed by atoms with van der Waals surface area (Å²) < 4.78 is 15.0. The predicted octanol–water partition coefficient (Wildman–Crippen LogP) is 4.71. The van der Waals surface area contributed by atoms with Crippen LogP contribution in [-0.4, -0.2) is 20.5 Å². The molecule has 0 aliphatic rings. The zero-order chi connectivity index (χ0) is 19.8. The summed E-state index contributed by atoms with van der Waals surface area (Å²) in [5.74, 6) is -0.647. The molecule has 0 saturated heterocycles. The quantitative estimate of drug-likeness (QED) is 0.565. The Hall–Kier alpha value is -3.54. The van der Waals surface area contributed by atoms with E-state index >= 15 is 0 Å². The Morgan fingerprint density at radius 3 is 2.54 bits per heavy atom. The second kappa shape index (κ2) is 6.88. The molecule has 5 nitrogen and oxygen atoms in total. The van der Waals surface area contributed by atoms with E-state index in [2.05, 4.69) is 15.4 Å². The van der Waals surface area contributed by atoms with Crippen molar-refractivity contribution in [3.05, 3.63) is 83.1 Å². The first-order valence-corrected chi connectivity index (χ1v) is 8.93. The van der Waals surface area contributed by atoms with Gasteiger partial charge in [0.15, 0.2) is 5.65 Å². The molecule has 0 saturated carbocycles. The molecule has 0 unspecified atom stereocenters. The van der Waals surface area contributed by atoms with Crippen molar-refractivity contribution < 1.29 is 9.18 Å². The Morgan fingerprint density at radius 2 is 1.82 bits per heavy atom. The topological polar surface area (TPSA) is 59.3 Å². The molecular weight excluding hydrogens is 355 g/mol. The number of hydrogen-bond acceptors (Lipinski definition) is 3. The fourth-order valence-corrected chi connectivity index (χ4v) is 3.32. The van der Waals surface area contributed by atoms with E-state index in [9.17, 15) is 9.18 Å². The molecule has 28 heavy (non-hydrogen) atoms. The van der Waals surface area contributed by atoms with Gasteiger partial charge in [-0.3, -0.25) is 4.79 Å². The number of fused-ring (bicyclic) bond motifs is 1. The van der Waals surface area contributed by atoms with Crippen LogP contribution in [0.25, 0.3) is 16.8 Å². The zero-order valence-corrected chi connectivity index (χ0v) is 15.8. The van der Waals surface area contributed by atoms with Gasteiger partial charge in [0.05, 0.1) is 17.0 Å². The van der Waals surface area contributed by atoms with Gasteiger partial charge in [0.25, 0.3) is 5.91 Å². The Morgan fingerprint density at radius 1 is 1.07 bits per heavy atom. The molecule has 2 aromatic carbocycles. The summed E-state index contributed by atoms with van der Waals surface area (Å²) >= 11 is 0. The zero-order valence-electron chi connectivity index (χ0n) is 15.8. The number of carbonyl (C=O) groups is 1. The largest absolute Gasteiger partial charge is 0.322 e. The van der Waals surface area contributed by atoms with E-state index in [-0.39, 0.29) is 11.7 Å². The summed E-state index contributed by atoms with van der Waals surface area (Å²) in [4.78, 5) is 17.3. The van der Waals surface area contributed by atoms with Crippen LogP contribution < -0.4 is 5.32 Å². The van der Waals surface area contributed by atoms with Gasteiger partial charge in [-0.05, 0) is 50.1 Å². The maximum absolute atomic E-state index is 13.3. The molecule has 1 amide bonds. The highest BCUT2D eigenvalue weighted by molar-refractivity contribution is 6.05. The molecular formula is C22H19FN4O. The lowest BCUT2D eigenvalue weighted by Crippen LogP contribution is -2.16. The number of hydrogen-bond donors (Lipinski definition) is 1. The van der Waals surface area contributed by atoms with Crippen LogP contribution in [-0.2, 0) is 0 Å². The maximum atomic E-state index is 13.3. The van der Waals surface area contributed by atoms with Crippen molar-refractivity contribution in [2.24, 2.45) is 0 Å². The number of aromatic nitrogens is 3. The molecule has 4 rings (SSSR count). The summed E-state index contributed by atoms with van der Waals surface area (Å²) in [5.41, 5.74) is 5.84. The molecule has 6 heteroatoms. The summed E-state index contributed by atoms with van der Waals surface area (Å²) in [6, 6.07) is 14.2. The number of nitrogens with zero attached hydrogens (tertiary/aromatic N) is 3. The molecule has 0 aliphatic carbocycles. The van der Waals surface area contributed by atoms with E-state index in [1.165, 1.54) is 12.1 Å². The molecule has 1 N–H and O–H groups in total. The molecule has 4 aromatic rings. The number of amides is 1. The minimum absolute atomic E-state index is 0.309. The number of aryl methyl sites for hydroxylation is 3. The lowest BCUT2D eigenvalue weighted by atomic mass is 10.1. The van der Waals surface area contributed by atoms with Crippen LogP contribution in [0.4, 0.5) is 10.1 Å². The second-order valence-electron chi connectivity index (χ2n) is 6.73. The third-order valence-electron chi connectivity index (χ3n) is 4.80. The predicted molar refractivity (Wildman–Crippen MR) is 107 cm³/mol. The number of benzene rings is 2. The Labute approximate surface area is 161 Å². The van der Waals surface area contributed by atoms with Crippen molar-refractivity contribution >= 4 is 17.2 Å². The van der Waals surface area contributed by atoms with Gasteiger partial charge < -0.3 is 5.32 Å². The highest BCUT2D eigenvalue weighted by atomic mass is 19.1. The number of carbonyl (C=O) groups excluding carboxylic acids is 1. The van der Waals surface area contributed by atoms with E-state index in [0.29, 0.717) is 28.2 Å². The SMILES string of the molecule is Cc1cc(F)ccc1NC(=O)c1cnc2c(-c3ccccc3)c(C)nn2c1C. The standard InChI is InChI=1S/C22H19FN4O/c1-13-11-17(23)9-10-19(13)25-22(28)18-12-24-21-20(16-7-5-4-6-8-16)14(2)26-27(21)15(18)3/h4-12H,1-3H3,(H,25,28). The van der Waals surface area contributed by atoms with Gasteiger partial charge in [-0.1, -0.05) is 30.3 Å². The number of halogens is 1. The molecule has 0 fully saturated rings. The third-order valence-corrected chi connectivity index (χ3v) is 4.80. The molecule has 0 bridgehead atoms. The van der Waals surface area contributed by atoms with E-state index in [4.69, 9.17) is 0 Å². The molecule has 2 aromatic heterocycles. The van der Waals surface area contributed by atoms with Gasteiger partial charge in [0, 0.05) is 17.4 Å². The van der Waals surface area contributed by atoms with Gasteiger partial charge in [0.2, 0.25) is 0 Å². The van der Waals surface area contributed by atoms with Crippen LogP contribution in [0, 0.1) is 26.6 Å². The van der Waals surface area contributed by atoms with E-state index in [1.807, 2.05) is 44.2 Å². The Balaban J connectivity index is 1.75. The van der Waals surface area contributed by atoms with Crippen LogP contribution in [0.3, 0.4) is 0 Å². The molecule has 2 heterocycles. The van der Waals surface area contributed by atoms with Crippen molar-refractivity contribution in [1.82, 2.24) is 14.6 Å². The van der Waals surface area contributed by atoms with Gasteiger partial charge >= 0.3 is 0 Å². The summed E-state index contributed by atoms with van der Waals surface area (Å²) in [5, 5.41) is 7.42. The third kappa shape index (κ3) is 3.03. The fraction of sp³-hybridized carbons (Fsp3) is 0.136. The smallest absolute Gasteiger partial charge is 0.259 e.